The predicted molar refractivity (Wildman–Crippen MR) is 91.0 cm³/mol. The van der Waals surface area contributed by atoms with E-state index in [1.54, 1.807) is 0 Å². The van der Waals surface area contributed by atoms with E-state index in [4.69, 9.17) is 4.74 Å². The van der Waals surface area contributed by atoms with Gasteiger partial charge < -0.3 is 0 Å². The van der Waals surface area contributed by atoms with Crippen molar-refractivity contribution in [2.75, 3.05) is 0 Å². The molecule has 5 nitrogen and oxygen atoms in total. The third-order valence-corrected chi connectivity index (χ3v) is 5.60. The fourth-order valence-corrected chi connectivity index (χ4v) is 4.45. The first-order chi connectivity index (χ1) is 11.6. The van der Waals surface area contributed by atoms with Crippen LogP contribution in [-0.2, 0) is 16.1 Å². The number of hydrogen-bond acceptors (Lipinski definition) is 3. The molecule has 2 N–H and O–H groups in total. The monoisotopic (exact) mass is 389 g/mol. The maximum absolute atomic E-state index is 12.0. The summed E-state index contributed by atoms with van der Waals surface area (Å²) in [5.41, 5.74) is 1.46. The van der Waals surface area contributed by atoms with Crippen LogP contribution in [0.15, 0.2) is 59.5 Å². The first kappa shape index (κ1) is 16.3. The molecule has 1 atom stereocenters. The molecular weight excluding hydrogens is 373 g/mol. The SMILES string of the molecule is O=C(NC(C(=O)O)c1c[se]c2ccccc12)OCc1ccccc1. The molecule has 0 bridgehead atoms. The van der Waals surface area contributed by atoms with Gasteiger partial charge in [0.25, 0.3) is 0 Å². The number of ether oxygens (including phenoxy) is 1. The van der Waals surface area contributed by atoms with E-state index in [0.29, 0.717) is 5.56 Å². The van der Waals surface area contributed by atoms with Gasteiger partial charge in [-0.25, -0.2) is 0 Å². The molecule has 3 rings (SSSR count). The number of carbonyl (C=O) groups excluding carboxylic acids is 1. The van der Waals surface area contributed by atoms with Crippen molar-refractivity contribution in [1.82, 2.24) is 5.32 Å². The zero-order chi connectivity index (χ0) is 16.9. The van der Waals surface area contributed by atoms with Gasteiger partial charge in [0.05, 0.1) is 0 Å². The van der Waals surface area contributed by atoms with Gasteiger partial charge in [-0.15, -0.1) is 0 Å². The van der Waals surface area contributed by atoms with Crippen molar-refractivity contribution in [3.8, 4) is 0 Å². The molecule has 3 aromatic rings. The van der Waals surface area contributed by atoms with Crippen LogP contribution in [0.25, 0.3) is 9.65 Å². The van der Waals surface area contributed by atoms with Gasteiger partial charge >= 0.3 is 144 Å². The number of benzene rings is 2. The number of nitrogens with one attached hydrogen (secondary N) is 1. The number of amides is 1. The Balaban J connectivity index is 1.72. The summed E-state index contributed by atoms with van der Waals surface area (Å²) in [6.07, 6.45) is -0.746. The van der Waals surface area contributed by atoms with Gasteiger partial charge in [-0.05, 0) is 0 Å². The van der Waals surface area contributed by atoms with Crippen LogP contribution in [0.1, 0.15) is 17.2 Å². The van der Waals surface area contributed by atoms with Crippen LogP contribution in [0.2, 0.25) is 0 Å². The van der Waals surface area contributed by atoms with Crippen molar-refractivity contribution < 1.29 is 19.4 Å². The Labute approximate surface area is 144 Å². The van der Waals surface area contributed by atoms with Crippen LogP contribution in [0.4, 0.5) is 4.79 Å². The van der Waals surface area contributed by atoms with Gasteiger partial charge in [-0.1, -0.05) is 0 Å². The van der Waals surface area contributed by atoms with Crippen LogP contribution < -0.4 is 5.32 Å². The van der Waals surface area contributed by atoms with Crippen molar-refractivity contribution in [3.05, 3.63) is 70.7 Å². The number of hydrogen-bond donors (Lipinski definition) is 2. The van der Waals surface area contributed by atoms with Crippen molar-refractivity contribution in [2.45, 2.75) is 12.6 Å². The zero-order valence-electron chi connectivity index (χ0n) is 12.6. The van der Waals surface area contributed by atoms with Gasteiger partial charge in [0.2, 0.25) is 0 Å². The predicted octanol–water partition coefficient (Wildman–Crippen LogP) is 2.95. The number of alkyl carbamates (subject to hydrolysis) is 1. The summed E-state index contributed by atoms with van der Waals surface area (Å²) in [5, 5.41) is 12.8. The normalized spacial score (nSPS) is 11.8. The van der Waals surface area contributed by atoms with E-state index in [-0.39, 0.29) is 21.1 Å². The second-order valence-corrected chi connectivity index (χ2v) is 7.08. The summed E-state index contributed by atoms with van der Waals surface area (Å²) >= 11 is 0.0786. The summed E-state index contributed by atoms with van der Waals surface area (Å²) in [6.45, 7) is 0.0958. The molecule has 1 heterocycles. The summed E-state index contributed by atoms with van der Waals surface area (Å²) in [6, 6.07) is 15.8. The van der Waals surface area contributed by atoms with Crippen molar-refractivity contribution in [2.24, 2.45) is 0 Å². The molecule has 0 spiro atoms. The third kappa shape index (κ3) is 3.67. The van der Waals surface area contributed by atoms with E-state index in [2.05, 4.69) is 5.32 Å². The van der Waals surface area contributed by atoms with E-state index in [1.807, 2.05) is 59.5 Å². The Kier molecular flexibility index (Phi) is 4.99. The van der Waals surface area contributed by atoms with E-state index in [9.17, 15) is 14.7 Å². The number of carboxylic acids is 1. The number of carboxylic acid groups (broad SMARTS) is 1. The molecule has 0 aliphatic heterocycles. The standard InChI is InChI=1S/C18H15NO4Se/c20-17(21)16(14-11-24-15-9-5-4-8-13(14)15)19-18(22)23-10-12-6-2-1-3-7-12/h1-9,11,16H,10H2,(H,19,22)(H,20,21). The fourth-order valence-electron chi connectivity index (χ4n) is 2.38. The number of aliphatic carboxylic acids is 1. The molecule has 0 fully saturated rings. The number of rotatable bonds is 5. The van der Waals surface area contributed by atoms with Crippen LogP contribution >= 0.6 is 0 Å². The zero-order valence-corrected chi connectivity index (χ0v) is 14.4. The van der Waals surface area contributed by atoms with Crippen LogP contribution in [0, 0.1) is 0 Å². The van der Waals surface area contributed by atoms with Crippen LogP contribution in [-0.4, -0.2) is 31.7 Å². The summed E-state index contributed by atoms with van der Waals surface area (Å²) < 4.78 is 6.24. The van der Waals surface area contributed by atoms with Gasteiger partial charge in [0.15, 0.2) is 0 Å². The Bertz CT molecular complexity index is 860. The van der Waals surface area contributed by atoms with Crippen LogP contribution in [0.5, 0.6) is 0 Å². The third-order valence-electron chi connectivity index (χ3n) is 3.54. The average molecular weight is 388 g/mol. The topological polar surface area (TPSA) is 75.6 Å². The number of carbonyl (C=O) groups is 2. The molecule has 24 heavy (non-hydrogen) atoms. The van der Waals surface area contributed by atoms with E-state index >= 15 is 0 Å². The average Bonchev–Trinajstić information content (AvgIpc) is 3.02. The fraction of sp³-hybridized carbons (Fsp3) is 0.111. The van der Waals surface area contributed by atoms with Gasteiger partial charge in [0, 0.05) is 0 Å². The minimum absolute atomic E-state index is 0.0786. The second-order valence-electron chi connectivity index (χ2n) is 5.16. The molecule has 0 aliphatic rings. The summed E-state index contributed by atoms with van der Waals surface area (Å²) in [5.74, 6) is -1.11. The van der Waals surface area contributed by atoms with Gasteiger partial charge in [-0.3, -0.25) is 0 Å². The Morgan fingerprint density at radius 1 is 1.08 bits per heavy atom. The molecule has 1 amide bonds. The molecule has 122 valence electrons. The molecule has 0 aliphatic carbocycles. The number of fused-ring (bicyclic) bond motifs is 1. The molecule has 0 radical (unpaired) electrons. The van der Waals surface area contributed by atoms with E-state index in [1.165, 1.54) is 0 Å². The Hall–Kier alpha value is -2.56. The van der Waals surface area contributed by atoms with Crippen molar-refractivity contribution in [1.29, 1.82) is 0 Å². The molecular formula is C18H15NO4Se. The second kappa shape index (κ2) is 7.34. The van der Waals surface area contributed by atoms with Gasteiger partial charge in [0.1, 0.15) is 0 Å². The van der Waals surface area contributed by atoms with E-state index < -0.39 is 18.1 Å². The van der Waals surface area contributed by atoms with Crippen molar-refractivity contribution >= 4 is 36.2 Å². The molecule has 0 saturated heterocycles. The first-order valence-corrected chi connectivity index (χ1v) is 9.16. The molecule has 0 saturated carbocycles. The molecule has 6 heteroatoms. The summed E-state index contributed by atoms with van der Waals surface area (Å²) in [4.78, 5) is 25.5. The van der Waals surface area contributed by atoms with Crippen LogP contribution in [0.3, 0.4) is 0 Å². The van der Waals surface area contributed by atoms with E-state index in [0.717, 1.165) is 15.2 Å². The Morgan fingerprint density at radius 2 is 1.79 bits per heavy atom. The van der Waals surface area contributed by atoms with Gasteiger partial charge in [-0.2, -0.15) is 0 Å². The molecule has 1 aromatic heterocycles. The first-order valence-electron chi connectivity index (χ1n) is 7.31. The minimum atomic E-state index is -1.11. The maximum atomic E-state index is 12.0. The molecule has 1 unspecified atom stereocenters. The molecule has 2 aromatic carbocycles. The summed E-state index contributed by atoms with van der Waals surface area (Å²) in [7, 11) is 0. The van der Waals surface area contributed by atoms with Crippen molar-refractivity contribution in [3.63, 3.8) is 0 Å². The Morgan fingerprint density at radius 3 is 2.54 bits per heavy atom. The quantitative estimate of drug-likeness (QED) is 0.659.